The molecule has 1 rings (SSSR count). The van der Waals surface area contributed by atoms with E-state index in [9.17, 15) is 8.42 Å². The van der Waals surface area contributed by atoms with E-state index in [0.29, 0.717) is 25.4 Å². The fraction of sp³-hybridized carbons (Fsp3) is 0.538. The van der Waals surface area contributed by atoms with Crippen molar-refractivity contribution < 1.29 is 13.2 Å². The highest BCUT2D eigenvalue weighted by atomic mass is 79.9. The maximum absolute atomic E-state index is 10.8. The Kier molecular flexibility index (Phi) is 6.63. The summed E-state index contributed by atoms with van der Waals surface area (Å²) in [5, 5.41) is 0. The Hall–Kier alpha value is -0.260. The fourth-order valence-electron chi connectivity index (χ4n) is 1.66. The lowest BCUT2D eigenvalue weighted by molar-refractivity contribution is 0.305. The lowest BCUT2D eigenvalue weighted by atomic mass is 10.0. The number of hydrogen-bond acceptors (Lipinski definition) is 3. The Morgan fingerprint density at radius 3 is 2.58 bits per heavy atom. The van der Waals surface area contributed by atoms with Crippen molar-refractivity contribution in [2.75, 3.05) is 12.4 Å². The summed E-state index contributed by atoms with van der Waals surface area (Å²) < 4.78 is 28.3. The third-order valence-corrected chi connectivity index (χ3v) is 4.37. The second-order valence-electron chi connectivity index (χ2n) is 4.64. The van der Waals surface area contributed by atoms with Gasteiger partial charge in [-0.15, -0.1) is 0 Å². The molecule has 0 amide bonds. The summed E-state index contributed by atoms with van der Waals surface area (Å²) in [6.45, 7) is 4.71. The number of hydrogen-bond donors (Lipinski definition) is 0. The minimum Gasteiger partial charge on any atom is -0.493 e. The number of unbranched alkanes of at least 4 members (excludes halogenated alkanes) is 1. The summed E-state index contributed by atoms with van der Waals surface area (Å²) in [4.78, 5) is 0. The minimum absolute atomic E-state index is 0.00467. The van der Waals surface area contributed by atoms with Crippen LogP contribution in [-0.4, -0.2) is 20.8 Å². The molecule has 0 saturated carbocycles. The average molecular weight is 370 g/mol. The molecule has 0 radical (unpaired) electrons. The Labute approximate surface area is 127 Å². The predicted molar refractivity (Wildman–Crippen MR) is 82.6 cm³/mol. The van der Waals surface area contributed by atoms with Gasteiger partial charge in [-0.25, -0.2) is 8.42 Å². The third-order valence-electron chi connectivity index (χ3n) is 2.63. The highest BCUT2D eigenvalue weighted by Crippen LogP contribution is 2.29. The first-order valence-electron chi connectivity index (χ1n) is 6.14. The smallest absolute Gasteiger partial charge is 0.232 e. The molecule has 19 heavy (non-hydrogen) atoms. The largest absolute Gasteiger partial charge is 0.493 e. The fourth-order valence-corrected chi connectivity index (χ4v) is 2.92. The van der Waals surface area contributed by atoms with Crippen LogP contribution >= 0.6 is 26.6 Å². The van der Waals surface area contributed by atoms with E-state index >= 15 is 0 Å². The average Bonchev–Trinajstić information content (AvgIpc) is 2.28. The van der Waals surface area contributed by atoms with Crippen molar-refractivity contribution in [2.45, 2.75) is 32.6 Å². The molecule has 0 aliphatic rings. The van der Waals surface area contributed by atoms with Crippen LogP contribution in [0.1, 0.15) is 38.2 Å². The molecule has 0 fully saturated rings. The lowest BCUT2D eigenvalue weighted by Crippen LogP contribution is -2.04. The van der Waals surface area contributed by atoms with Gasteiger partial charge in [-0.2, -0.15) is 0 Å². The van der Waals surface area contributed by atoms with Crippen LogP contribution < -0.4 is 4.74 Å². The Bertz CT molecular complexity index is 515. The molecule has 0 saturated heterocycles. The van der Waals surface area contributed by atoms with Gasteiger partial charge < -0.3 is 4.74 Å². The Morgan fingerprint density at radius 2 is 2.00 bits per heavy atom. The maximum atomic E-state index is 10.8. The van der Waals surface area contributed by atoms with Gasteiger partial charge >= 0.3 is 0 Å². The van der Waals surface area contributed by atoms with Crippen LogP contribution in [0.2, 0.25) is 0 Å². The Balaban J connectivity index is 2.49. The number of halogens is 2. The minimum atomic E-state index is -3.39. The molecule has 0 unspecified atom stereocenters. The molecule has 6 heteroatoms. The first-order chi connectivity index (χ1) is 8.79. The van der Waals surface area contributed by atoms with Gasteiger partial charge in [0.25, 0.3) is 0 Å². The lowest BCUT2D eigenvalue weighted by Gasteiger charge is -2.14. The summed E-state index contributed by atoms with van der Waals surface area (Å²) in [5.41, 5.74) is 1.14. The highest BCUT2D eigenvalue weighted by Gasteiger charge is 2.09. The first kappa shape index (κ1) is 16.8. The molecule has 0 heterocycles. The molecule has 108 valence electrons. The molecule has 0 N–H and O–H groups in total. The van der Waals surface area contributed by atoms with Crippen molar-refractivity contribution >= 4 is 35.7 Å². The number of ether oxygens (including phenoxy) is 1. The second kappa shape index (κ2) is 7.50. The van der Waals surface area contributed by atoms with Crippen molar-refractivity contribution in [3.05, 3.63) is 28.2 Å². The second-order valence-corrected chi connectivity index (χ2v) is 8.45. The van der Waals surface area contributed by atoms with E-state index in [0.717, 1.165) is 15.8 Å². The van der Waals surface area contributed by atoms with E-state index in [1.54, 1.807) is 0 Å². The monoisotopic (exact) mass is 368 g/mol. The SMILES string of the molecule is CC(C)c1cc(Br)ccc1OCCCCS(=O)(=O)Cl. The van der Waals surface area contributed by atoms with Gasteiger partial charge in [-0.1, -0.05) is 29.8 Å². The standard InChI is InChI=1S/C13H18BrClO3S/c1-10(2)12-9-11(14)5-6-13(12)18-7-3-4-8-19(15,16)17/h5-6,9-10H,3-4,7-8H2,1-2H3. The normalized spacial score (nSPS) is 11.8. The van der Waals surface area contributed by atoms with Gasteiger partial charge in [0.2, 0.25) is 9.05 Å². The first-order valence-corrected chi connectivity index (χ1v) is 9.41. The molecule has 1 aromatic rings. The van der Waals surface area contributed by atoms with Crippen LogP contribution in [-0.2, 0) is 9.05 Å². The van der Waals surface area contributed by atoms with Crippen LogP contribution in [0.25, 0.3) is 0 Å². The summed E-state index contributed by atoms with van der Waals surface area (Å²) in [6.07, 6.45) is 1.18. The number of benzene rings is 1. The molecule has 0 aromatic heterocycles. The van der Waals surface area contributed by atoms with E-state index in [2.05, 4.69) is 29.8 Å². The zero-order valence-corrected chi connectivity index (χ0v) is 14.2. The quantitative estimate of drug-likeness (QED) is 0.531. The van der Waals surface area contributed by atoms with Gasteiger partial charge in [0.05, 0.1) is 12.4 Å². The van der Waals surface area contributed by atoms with E-state index in [1.807, 2.05) is 18.2 Å². The van der Waals surface area contributed by atoms with Gasteiger partial charge in [0, 0.05) is 15.2 Å². The third kappa shape index (κ3) is 6.63. The summed E-state index contributed by atoms with van der Waals surface area (Å²) >= 11 is 3.44. The topological polar surface area (TPSA) is 43.4 Å². The van der Waals surface area contributed by atoms with E-state index in [1.165, 1.54) is 0 Å². The zero-order valence-electron chi connectivity index (χ0n) is 11.0. The van der Waals surface area contributed by atoms with Crippen molar-refractivity contribution in [1.29, 1.82) is 0 Å². The maximum Gasteiger partial charge on any atom is 0.232 e. The molecule has 3 nitrogen and oxygen atoms in total. The molecule has 1 aromatic carbocycles. The van der Waals surface area contributed by atoms with Crippen molar-refractivity contribution in [1.82, 2.24) is 0 Å². The predicted octanol–water partition coefficient (Wildman–Crippen LogP) is 4.30. The van der Waals surface area contributed by atoms with Gasteiger partial charge in [0.1, 0.15) is 5.75 Å². The van der Waals surface area contributed by atoms with Crippen LogP contribution in [0.5, 0.6) is 5.75 Å². The summed E-state index contributed by atoms with van der Waals surface area (Å²) in [5.74, 6) is 1.22. The van der Waals surface area contributed by atoms with E-state index in [-0.39, 0.29) is 5.75 Å². The zero-order chi connectivity index (χ0) is 14.5. The number of rotatable bonds is 7. The van der Waals surface area contributed by atoms with E-state index < -0.39 is 9.05 Å². The van der Waals surface area contributed by atoms with Crippen molar-refractivity contribution in [2.24, 2.45) is 0 Å². The molecule has 0 aliphatic carbocycles. The summed E-state index contributed by atoms with van der Waals surface area (Å²) in [6, 6.07) is 5.91. The molecular formula is C13H18BrClO3S. The van der Waals surface area contributed by atoms with Crippen molar-refractivity contribution in [3.63, 3.8) is 0 Å². The highest BCUT2D eigenvalue weighted by molar-refractivity contribution is 9.10. The summed E-state index contributed by atoms with van der Waals surface area (Å²) in [7, 11) is 1.75. The molecular weight excluding hydrogens is 352 g/mol. The van der Waals surface area contributed by atoms with Gasteiger partial charge in [0.15, 0.2) is 0 Å². The molecule has 0 spiro atoms. The van der Waals surface area contributed by atoms with Crippen LogP contribution in [0.3, 0.4) is 0 Å². The van der Waals surface area contributed by atoms with E-state index in [4.69, 9.17) is 15.4 Å². The van der Waals surface area contributed by atoms with Crippen LogP contribution in [0.4, 0.5) is 0 Å². The molecule has 0 aliphatic heterocycles. The van der Waals surface area contributed by atoms with Crippen molar-refractivity contribution in [3.8, 4) is 5.75 Å². The molecule has 0 atom stereocenters. The Morgan fingerprint density at radius 1 is 1.32 bits per heavy atom. The van der Waals surface area contributed by atoms with Crippen LogP contribution in [0, 0.1) is 0 Å². The van der Waals surface area contributed by atoms with Gasteiger partial charge in [-0.05, 0) is 42.5 Å². The molecule has 0 bridgehead atoms. The van der Waals surface area contributed by atoms with Gasteiger partial charge in [-0.3, -0.25) is 0 Å². The van der Waals surface area contributed by atoms with Crippen LogP contribution in [0.15, 0.2) is 22.7 Å².